The zero-order valence-electron chi connectivity index (χ0n) is 17.9. The van der Waals surface area contributed by atoms with Gasteiger partial charge in [0.05, 0.1) is 6.54 Å². The van der Waals surface area contributed by atoms with E-state index in [4.69, 9.17) is 0 Å². The molecule has 8 heteroatoms. The Morgan fingerprint density at radius 1 is 1.17 bits per heavy atom. The minimum absolute atomic E-state index is 0.0114. The number of amides is 5. The van der Waals surface area contributed by atoms with Crippen molar-refractivity contribution in [2.75, 3.05) is 25.5 Å². The number of likely N-dealkylation sites (N-methyl/N-ethyl adjacent to an activating group) is 1. The van der Waals surface area contributed by atoms with E-state index in [9.17, 15) is 19.2 Å². The van der Waals surface area contributed by atoms with Gasteiger partial charge in [0.2, 0.25) is 11.8 Å². The van der Waals surface area contributed by atoms with Crippen molar-refractivity contribution >= 4 is 29.4 Å². The van der Waals surface area contributed by atoms with Crippen molar-refractivity contribution in [2.24, 2.45) is 0 Å². The molecule has 2 fully saturated rings. The number of imide groups is 1. The van der Waals surface area contributed by atoms with E-state index in [1.54, 1.807) is 7.05 Å². The van der Waals surface area contributed by atoms with Gasteiger partial charge in [-0.3, -0.25) is 19.3 Å². The number of rotatable bonds is 6. The molecule has 3 rings (SSSR count). The van der Waals surface area contributed by atoms with Crippen LogP contribution in [0, 0.1) is 13.8 Å². The number of benzene rings is 1. The number of carbonyl (C=O) groups excluding carboxylic acids is 4. The average molecular weight is 415 g/mol. The predicted octanol–water partition coefficient (Wildman–Crippen LogP) is 2.35. The Bertz CT molecular complexity index is 861. The van der Waals surface area contributed by atoms with Gasteiger partial charge in [-0.15, -0.1) is 0 Å². The van der Waals surface area contributed by atoms with Crippen molar-refractivity contribution in [2.45, 2.75) is 57.9 Å². The first-order chi connectivity index (χ1) is 14.2. The molecule has 162 valence electrons. The van der Waals surface area contributed by atoms with Crippen LogP contribution in [-0.2, 0) is 14.4 Å². The van der Waals surface area contributed by atoms with Crippen molar-refractivity contribution in [1.29, 1.82) is 0 Å². The summed E-state index contributed by atoms with van der Waals surface area (Å²) in [6.07, 6.45) is 4.19. The fraction of sp³-hybridized carbons (Fsp3) is 0.545. The molecule has 1 aromatic rings. The van der Waals surface area contributed by atoms with Crippen LogP contribution in [0.25, 0.3) is 0 Å². The lowest BCUT2D eigenvalue weighted by Gasteiger charge is -2.30. The smallest absolute Gasteiger partial charge is 0.325 e. The SMILES string of the molecule is Cc1cccc(NC(=O)CN(C)C(=O)CCN2C(=O)NC3(CCCCC3)C2=O)c1C. The molecule has 1 saturated heterocycles. The summed E-state index contributed by atoms with van der Waals surface area (Å²) in [6, 6.07) is 5.23. The number of hydrogen-bond acceptors (Lipinski definition) is 4. The molecule has 1 aromatic carbocycles. The van der Waals surface area contributed by atoms with Gasteiger partial charge in [0.25, 0.3) is 5.91 Å². The Kier molecular flexibility index (Phi) is 6.43. The van der Waals surface area contributed by atoms with Crippen LogP contribution in [0.2, 0.25) is 0 Å². The minimum atomic E-state index is -0.782. The second kappa shape index (κ2) is 8.85. The molecule has 0 unspecified atom stereocenters. The van der Waals surface area contributed by atoms with E-state index < -0.39 is 11.6 Å². The van der Waals surface area contributed by atoms with Gasteiger partial charge >= 0.3 is 6.03 Å². The average Bonchev–Trinajstić information content (AvgIpc) is 2.93. The van der Waals surface area contributed by atoms with Crippen molar-refractivity contribution in [1.82, 2.24) is 15.1 Å². The second-order valence-electron chi connectivity index (χ2n) is 8.33. The third-order valence-corrected chi connectivity index (χ3v) is 6.19. The molecule has 0 atom stereocenters. The van der Waals surface area contributed by atoms with Gasteiger partial charge in [-0.1, -0.05) is 31.4 Å². The molecular formula is C22H30N4O4. The van der Waals surface area contributed by atoms with Crippen LogP contribution in [0.1, 0.15) is 49.7 Å². The highest BCUT2D eigenvalue weighted by atomic mass is 16.2. The maximum Gasteiger partial charge on any atom is 0.325 e. The summed E-state index contributed by atoms with van der Waals surface area (Å²) in [4.78, 5) is 52.3. The first-order valence-electron chi connectivity index (χ1n) is 10.5. The van der Waals surface area contributed by atoms with E-state index in [0.29, 0.717) is 12.8 Å². The lowest BCUT2D eigenvalue weighted by Crippen LogP contribution is -2.48. The molecule has 0 aromatic heterocycles. The molecule has 0 bridgehead atoms. The van der Waals surface area contributed by atoms with E-state index >= 15 is 0 Å². The molecule has 1 heterocycles. The highest BCUT2D eigenvalue weighted by Crippen LogP contribution is 2.33. The van der Waals surface area contributed by atoms with Crippen molar-refractivity contribution in [3.8, 4) is 0 Å². The summed E-state index contributed by atoms with van der Waals surface area (Å²) in [6.45, 7) is 3.81. The number of nitrogens with one attached hydrogen (secondary N) is 2. The second-order valence-corrected chi connectivity index (χ2v) is 8.33. The van der Waals surface area contributed by atoms with Crippen molar-refractivity contribution in [3.63, 3.8) is 0 Å². The third-order valence-electron chi connectivity index (χ3n) is 6.19. The summed E-state index contributed by atoms with van der Waals surface area (Å²) < 4.78 is 0. The summed E-state index contributed by atoms with van der Waals surface area (Å²) in [5.41, 5.74) is 1.99. The summed E-state index contributed by atoms with van der Waals surface area (Å²) in [5, 5.41) is 5.67. The van der Waals surface area contributed by atoms with E-state index in [0.717, 1.165) is 41.0 Å². The molecule has 2 aliphatic rings. The number of carbonyl (C=O) groups is 4. The number of aryl methyl sites for hydroxylation is 1. The fourth-order valence-electron chi connectivity index (χ4n) is 4.15. The number of anilines is 1. The predicted molar refractivity (Wildman–Crippen MR) is 113 cm³/mol. The Hall–Kier alpha value is -2.90. The first-order valence-corrected chi connectivity index (χ1v) is 10.5. The van der Waals surface area contributed by atoms with Gasteiger partial charge in [0.15, 0.2) is 0 Å². The number of urea groups is 1. The number of hydrogen-bond donors (Lipinski definition) is 2. The van der Waals surface area contributed by atoms with Crippen LogP contribution >= 0.6 is 0 Å². The first kappa shape index (κ1) is 21.8. The highest BCUT2D eigenvalue weighted by molar-refractivity contribution is 6.07. The molecule has 1 saturated carbocycles. The molecule has 1 aliphatic carbocycles. The van der Waals surface area contributed by atoms with Gasteiger partial charge in [0, 0.05) is 25.7 Å². The maximum absolute atomic E-state index is 12.8. The minimum Gasteiger partial charge on any atom is -0.336 e. The van der Waals surface area contributed by atoms with Crippen LogP contribution in [0.3, 0.4) is 0 Å². The van der Waals surface area contributed by atoms with Crippen LogP contribution in [0.5, 0.6) is 0 Å². The highest BCUT2D eigenvalue weighted by Gasteiger charge is 2.51. The monoisotopic (exact) mass is 414 g/mol. The fourth-order valence-corrected chi connectivity index (χ4v) is 4.15. The van der Waals surface area contributed by atoms with Crippen LogP contribution in [0.15, 0.2) is 18.2 Å². The van der Waals surface area contributed by atoms with Crippen molar-refractivity contribution in [3.05, 3.63) is 29.3 Å². The van der Waals surface area contributed by atoms with Crippen LogP contribution < -0.4 is 10.6 Å². The maximum atomic E-state index is 12.8. The normalized spacial score (nSPS) is 17.8. The van der Waals surface area contributed by atoms with E-state index in [2.05, 4.69) is 10.6 Å². The largest absolute Gasteiger partial charge is 0.336 e. The van der Waals surface area contributed by atoms with Gasteiger partial charge in [-0.05, 0) is 43.9 Å². The molecule has 8 nitrogen and oxygen atoms in total. The molecule has 0 radical (unpaired) electrons. The van der Waals surface area contributed by atoms with E-state index in [1.165, 1.54) is 4.90 Å². The summed E-state index contributed by atoms with van der Waals surface area (Å²) >= 11 is 0. The van der Waals surface area contributed by atoms with E-state index in [-0.39, 0.29) is 37.2 Å². The lowest BCUT2D eigenvalue weighted by atomic mass is 9.82. The van der Waals surface area contributed by atoms with Gasteiger partial charge in [-0.25, -0.2) is 4.79 Å². The van der Waals surface area contributed by atoms with E-state index in [1.807, 2.05) is 32.0 Å². The Morgan fingerprint density at radius 2 is 1.87 bits per heavy atom. The van der Waals surface area contributed by atoms with Crippen LogP contribution in [-0.4, -0.2) is 59.2 Å². The summed E-state index contributed by atoms with van der Waals surface area (Å²) in [5.74, 6) is -0.817. The van der Waals surface area contributed by atoms with Crippen molar-refractivity contribution < 1.29 is 19.2 Å². The molecule has 5 amide bonds. The summed E-state index contributed by atoms with van der Waals surface area (Å²) in [7, 11) is 1.54. The van der Waals surface area contributed by atoms with Gasteiger partial charge < -0.3 is 15.5 Å². The molecule has 1 spiro atoms. The van der Waals surface area contributed by atoms with Crippen LogP contribution in [0.4, 0.5) is 10.5 Å². The molecular weight excluding hydrogens is 384 g/mol. The Labute approximate surface area is 177 Å². The zero-order valence-corrected chi connectivity index (χ0v) is 17.9. The Balaban J connectivity index is 1.51. The third kappa shape index (κ3) is 4.47. The molecule has 2 N–H and O–H groups in total. The topological polar surface area (TPSA) is 98.8 Å². The molecule has 1 aliphatic heterocycles. The Morgan fingerprint density at radius 3 is 2.57 bits per heavy atom. The lowest BCUT2D eigenvalue weighted by molar-refractivity contribution is -0.135. The standard InChI is InChI=1S/C22H30N4O4/c1-15-8-7-9-17(16(15)2)23-18(27)14-25(3)19(28)10-13-26-20(29)22(24-21(26)30)11-5-4-6-12-22/h7-9H,4-6,10-14H2,1-3H3,(H,23,27)(H,24,30). The van der Waals surface area contributed by atoms with Gasteiger partial charge in [-0.2, -0.15) is 0 Å². The molecule has 30 heavy (non-hydrogen) atoms. The number of nitrogens with zero attached hydrogens (tertiary/aromatic N) is 2. The van der Waals surface area contributed by atoms with Gasteiger partial charge in [0.1, 0.15) is 5.54 Å². The zero-order chi connectivity index (χ0) is 21.9. The quantitative estimate of drug-likeness (QED) is 0.698.